The number of hydrogen-bond donors (Lipinski definition) is 1. The Morgan fingerprint density at radius 2 is 1.96 bits per heavy atom. The van der Waals surface area contributed by atoms with Crippen LogP contribution in [0.15, 0.2) is 11.1 Å². The number of imide groups is 1. The van der Waals surface area contributed by atoms with Gasteiger partial charge in [0.15, 0.2) is 0 Å². The Labute approximate surface area is 163 Å². The van der Waals surface area contributed by atoms with Gasteiger partial charge in [-0.25, -0.2) is 9.37 Å². The number of carbonyl (C=O) groups is 3. The Morgan fingerprint density at radius 3 is 2.54 bits per heavy atom. The lowest BCUT2D eigenvalue weighted by molar-refractivity contribution is -0.537. The van der Waals surface area contributed by atoms with Crippen LogP contribution in [0.3, 0.4) is 0 Å². The lowest BCUT2D eigenvalue weighted by Gasteiger charge is -2.33. The molecule has 1 saturated heterocycles. The lowest BCUT2D eigenvalue weighted by Crippen LogP contribution is -2.64. The van der Waals surface area contributed by atoms with Gasteiger partial charge in [0.25, 0.3) is 5.91 Å². The molecule has 2 aliphatic rings. The van der Waals surface area contributed by atoms with E-state index in [-0.39, 0.29) is 0 Å². The Balaban J connectivity index is 2.14. The molecule has 3 heterocycles. The van der Waals surface area contributed by atoms with Crippen molar-refractivity contribution < 1.29 is 19.0 Å². The number of urea groups is 1. The van der Waals surface area contributed by atoms with E-state index in [0.717, 1.165) is 35.6 Å². The Morgan fingerprint density at radius 1 is 1.25 bits per heavy atom. The van der Waals surface area contributed by atoms with E-state index >= 15 is 0 Å². The monoisotopic (exact) mass is 388 g/mol. The summed E-state index contributed by atoms with van der Waals surface area (Å²) in [7, 11) is 1.54. The predicted molar refractivity (Wildman–Crippen MR) is 102 cm³/mol. The maximum atomic E-state index is 13.1. The summed E-state index contributed by atoms with van der Waals surface area (Å²) in [6.45, 7) is 6.15. The van der Waals surface area contributed by atoms with Gasteiger partial charge in [-0.3, -0.25) is 19.4 Å². The number of aliphatic imine (C=N–C) groups is 1. The molecule has 150 valence electrons. The van der Waals surface area contributed by atoms with Gasteiger partial charge in [-0.15, -0.1) is 9.78 Å². The molecule has 2 N–H and O–H groups in total. The molecule has 0 saturated carbocycles. The van der Waals surface area contributed by atoms with Gasteiger partial charge >= 0.3 is 12.0 Å². The second kappa shape index (κ2) is 7.53. The van der Waals surface area contributed by atoms with Gasteiger partial charge in [0.1, 0.15) is 12.2 Å². The third-order valence-corrected chi connectivity index (χ3v) is 4.92. The first-order chi connectivity index (χ1) is 13.3. The molecular weight excluding hydrogens is 362 g/mol. The number of amidine groups is 1. The molecule has 1 fully saturated rings. The van der Waals surface area contributed by atoms with Gasteiger partial charge in [-0.2, -0.15) is 0 Å². The first-order valence-electron chi connectivity index (χ1n) is 9.51. The highest BCUT2D eigenvalue weighted by Crippen LogP contribution is 2.21. The van der Waals surface area contributed by atoms with Gasteiger partial charge in [-0.1, -0.05) is 25.8 Å². The van der Waals surface area contributed by atoms with Crippen LogP contribution in [-0.4, -0.2) is 80.0 Å². The van der Waals surface area contributed by atoms with Gasteiger partial charge in [0.2, 0.25) is 17.8 Å². The van der Waals surface area contributed by atoms with Crippen molar-refractivity contribution in [2.45, 2.75) is 46.1 Å². The number of carbonyl (C=O) groups excluding carboxylic acids is 3. The molecule has 1 aromatic rings. The molecule has 0 aliphatic carbocycles. The number of aromatic nitrogens is 2. The first kappa shape index (κ1) is 19.7. The number of aryl methyl sites for hydroxylation is 2. The lowest BCUT2D eigenvalue weighted by atomic mass is 10.1. The van der Waals surface area contributed by atoms with E-state index < -0.39 is 30.4 Å². The maximum absolute atomic E-state index is 13.1. The summed E-state index contributed by atoms with van der Waals surface area (Å²) in [5.41, 5.74) is 7.14. The van der Waals surface area contributed by atoms with E-state index in [1.807, 2.05) is 31.4 Å². The molecule has 0 spiro atoms. The van der Waals surface area contributed by atoms with E-state index in [4.69, 9.17) is 5.73 Å². The van der Waals surface area contributed by atoms with Crippen molar-refractivity contribution in [3.05, 3.63) is 17.5 Å². The molecule has 2 aliphatic heterocycles. The molecule has 0 radical (unpaired) electrons. The van der Waals surface area contributed by atoms with Gasteiger partial charge in [0, 0.05) is 13.5 Å². The zero-order chi connectivity index (χ0) is 20.6. The largest absolute Gasteiger partial charge is 0.421 e. The molecule has 1 aromatic heterocycles. The third kappa shape index (κ3) is 3.08. The number of nitrogens with zero attached hydrogens (tertiary/aromatic N) is 6. The minimum Gasteiger partial charge on any atom is -0.368 e. The molecule has 1 atom stereocenters. The van der Waals surface area contributed by atoms with Gasteiger partial charge in [0.05, 0.1) is 12.2 Å². The molecule has 10 nitrogen and oxygen atoms in total. The van der Waals surface area contributed by atoms with Crippen LogP contribution < -0.4 is 5.73 Å². The van der Waals surface area contributed by atoms with Crippen molar-refractivity contribution in [1.29, 1.82) is 0 Å². The van der Waals surface area contributed by atoms with Crippen LogP contribution in [-0.2, 0) is 22.4 Å². The second-order valence-corrected chi connectivity index (χ2v) is 6.84. The predicted octanol–water partition coefficient (Wildman–Crippen LogP) is -0.205. The Bertz CT molecular complexity index is 899. The second-order valence-electron chi connectivity index (χ2n) is 6.84. The number of rotatable bonds is 6. The summed E-state index contributed by atoms with van der Waals surface area (Å²) in [5.74, 6) is -0.375. The third-order valence-electron chi connectivity index (χ3n) is 4.92. The van der Waals surface area contributed by atoms with Crippen LogP contribution in [0.25, 0.3) is 0 Å². The molecule has 4 amide bonds. The molecule has 28 heavy (non-hydrogen) atoms. The van der Waals surface area contributed by atoms with E-state index in [1.54, 1.807) is 11.7 Å². The average molecular weight is 388 g/mol. The molecular formula is C18H26N7O3+. The van der Waals surface area contributed by atoms with Crippen molar-refractivity contribution >= 4 is 29.6 Å². The number of nitrogens with two attached hydrogens (primary N) is 1. The van der Waals surface area contributed by atoms with E-state index in [0.29, 0.717) is 18.3 Å². The normalized spacial score (nSPS) is 19.4. The minimum atomic E-state index is -0.781. The van der Waals surface area contributed by atoms with Crippen LogP contribution in [0.5, 0.6) is 0 Å². The van der Waals surface area contributed by atoms with Gasteiger partial charge < -0.3 is 5.73 Å². The quantitative estimate of drug-likeness (QED) is 0.679. The van der Waals surface area contributed by atoms with Crippen molar-refractivity contribution in [1.82, 2.24) is 19.6 Å². The fraction of sp³-hybridized carbons (Fsp3) is 0.556. The van der Waals surface area contributed by atoms with Crippen molar-refractivity contribution in [2.75, 3.05) is 20.1 Å². The fourth-order valence-corrected chi connectivity index (χ4v) is 3.52. The molecule has 10 heteroatoms. The number of amides is 4. The topological polar surface area (TPSA) is 117 Å². The van der Waals surface area contributed by atoms with Crippen LogP contribution in [0, 0.1) is 0 Å². The molecule has 3 rings (SSSR count). The number of hydrogen-bond acceptors (Lipinski definition) is 5. The fourth-order valence-electron chi connectivity index (χ4n) is 3.52. The Hall–Kier alpha value is -3.04. The summed E-state index contributed by atoms with van der Waals surface area (Å²) in [5, 5.41) is 4.64. The van der Waals surface area contributed by atoms with E-state index in [9.17, 15) is 14.4 Å². The smallest absolute Gasteiger partial charge is 0.368 e. The summed E-state index contributed by atoms with van der Waals surface area (Å²) >= 11 is 0. The highest BCUT2D eigenvalue weighted by molar-refractivity contribution is 6.23. The van der Waals surface area contributed by atoms with E-state index in [1.165, 1.54) is 4.90 Å². The Kier molecular flexibility index (Phi) is 5.30. The van der Waals surface area contributed by atoms with Crippen molar-refractivity contribution in [3.8, 4) is 0 Å². The van der Waals surface area contributed by atoms with Crippen molar-refractivity contribution in [3.63, 3.8) is 0 Å². The van der Waals surface area contributed by atoms with Crippen LogP contribution in [0.1, 0.15) is 38.6 Å². The summed E-state index contributed by atoms with van der Waals surface area (Å²) in [6, 6.07) is 0.632. The van der Waals surface area contributed by atoms with Crippen molar-refractivity contribution in [2.24, 2.45) is 10.7 Å². The molecule has 0 bridgehead atoms. The average Bonchev–Trinajstić information content (AvgIpc) is 3.25. The first-order valence-corrected chi connectivity index (χ1v) is 9.51. The van der Waals surface area contributed by atoms with E-state index in [2.05, 4.69) is 10.1 Å². The SMILES string of the molecule is CCC[N+]1=C(n2nc(CC)cc2CC)N=C2C1C(=O)N(CC(N)=O)C(=O)N2C. The van der Waals surface area contributed by atoms with Gasteiger partial charge in [-0.05, 0) is 18.9 Å². The highest BCUT2D eigenvalue weighted by atomic mass is 16.2. The number of likely N-dealkylation sites (N-methyl/N-ethyl adjacent to an activating group) is 1. The minimum absolute atomic E-state index is 0.342. The maximum Gasteiger partial charge on any atom is 0.421 e. The zero-order valence-corrected chi connectivity index (χ0v) is 16.7. The van der Waals surface area contributed by atoms with Crippen LogP contribution in [0.4, 0.5) is 4.79 Å². The summed E-state index contributed by atoms with van der Waals surface area (Å²) in [4.78, 5) is 43.9. The number of primary amides is 1. The summed E-state index contributed by atoms with van der Waals surface area (Å²) in [6.07, 6.45) is 2.31. The summed E-state index contributed by atoms with van der Waals surface area (Å²) < 4.78 is 3.60. The number of fused-ring (bicyclic) bond motifs is 1. The van der Waals surface area contributed by atoms with Crippen LogP contribution >= 0.6 is 0 Å². The van der Waals surface area contributed by atoms with Crippen LogP contribution in [0.2, 0.25) is 0 Å². The zero-order valence-electron chi connectivity index (χ0n) is 16.7. The highest BCUT2D eigenvalue weighted by Gasteiger charge is 2.53. The molecule has 0 aromatic carbocycles. The molecule has 1 unspecified atom stereocenters. The standard InChI is InChI=1S/C18H25N7O3/c1-5-8-23-14-15(22(4)18(28)24(16(14)27)10-13(19)26)20-17(23)25-12(7-3)9-11(6-2)21-25/h9,14H,5-8,10H2,1-4H3,(H-,19,26)/p+1.